The summed E-state index contributed by atoms with van der Waals surface area (Å²) in [5.74, 6) is 0. The molecule has 0 aliphatic rings. The molecule has 0 aliphatic carbocycles. The largest absolute Gasteiger partial charge is 0.462 e. The van der Waals surface area contributed by atoms with Gasteiger partial charge in [0.25, 0.3) is 0 Å². The van der Waals surface area contributed by atoms with E-state index in [2.05, 4.69) is 0 Å². The maximum absolute atomic E-state index is 5.98. The van der Waals surface area contributed by atoms with Crippen molar-refractivity contribution in [1.82, 2.24) is 0 Å². The van der Waals surface area contributed by atoms with Gasteiger partial charge in [-0.3, -0.25) is 0 Å². The monoisotopic (exact) mass is 215 g/mol. The Balaban J connectivity index is 2.87. The summed E-state index contributed by atoms with van der Waals surface area (Å²) in [6.45, 7) is 0.396. The zero-order chi connectivity index (χ0) is 9.42. The summed E-state index contributed by atoms with van der Waals surface area (Å²) >= 11 is 11.9. The van der Waals surface area contributed by atoms with Crippen LogP contribution in [0.25, 0.3) is 11.0 Å². The molecule has 4 heteroatoms. The van der Waals surface area contributed by atoms with Crippen molar-refractivity contribution in [3.63, 3.8) is 0 Å². The maximum atomic E-state index is 5.98. The van der Waals surface area contributed by atoms with Crippen LogP contribution in [-0.4, -0.2) is 0 Å². The average molecular weight is 216 g/mol. The van der Waals surface area contributed by atoms with Crippen LogP contribution in [0.2, 0.25) is 10.0 Å². The fourth-order valence-corrected chi connectivity index (χ4v) is 1.76. The molecule has 0 unspecified atom stereocenters. The lowest BCUT2D eigenvalue weighted by Crippen LogP contribution is -1.94. The summed E-state index contributed by atoms with van der Waals surface area (Å²) < 4.78 is 5.26. The molecule has 0 spiro atoms. The van der Waals surface area contributed by atoms with E-state index in [1.165, 1.54) is 0 Å². The summed E-state index contributed by atoms with van der Waals surface area (Å²) in [5.41, 5.74) is 7.00. The molecule has 0 radical (unpaired) electrons. The Morgan fingerprint density at radius 1 is 1.23 bits per heavy atom. The van der Waals surface area contributed by atoms with Crippen LogP contribution in [0.15, 0.2) is 22.8 Å². The van der Waals surface area contributed by atoms with E-state index in [0.717, 1.165) is 10.9 Å². The van der Waals surface area contributed by atoms with E-state index < -0.39 is 0 Å². The number of benzene rings is 1. The van der Waals surface area contributed by atoms with Gasteiger partial charge in [-0.05, 0) is 12.1 Å². The smallest absolute Gasteiger partial charge is 0.154 e. The Hall–Kier alpha value is -0.700. The Kier molecular flexibility index (Phi) is 2.20. The number of hydrogen-bond acceptors (Lipinski definition) is 2. The summed E-state index contributed by atoms with van der Waals surface area (Å²) in [4.78, 5) is 0. The van der Waals surface area contributed by atoms with Gasteiger partial charge in [-0.25, -0.2) is 0 Å². The van der Waals surface area contributed by atoms with Crippen molar-refractivity contribution in [1.29, 1.82) is 0 Å². The van der Waals surface area contributed by atoms with E-state index in [0.29, 0.717) is 22.2 Å². The van der Waals surface area contributed by atoms with Gasteiger partial charge in [0.05, 0.1) is 16.3 Å². The molecule has 2 N–H and O–H groups in total. The molecule has 0 atom stereocenters. The first-order valence-corrected chi connectivity index (χ1v) is 4.53. The van der Waals surface area contributed by atoms with Crippen LogP contribution < -0.4 is 5.73 Å². The van der Waals surface area contributed by atoms with Gasteiger partial charge >= 0.3 is 0 Å². The Bertz CT molecular complexity index is 450. The third-order valence-electron chi connectivity index (χ3n) is 1.92. The molecule has 68 valence electrons. The zero-order valence-electron chi connectivity index (χ0n) is 6.68. The molecule has 2 nitrogen and oxygen atoms in total. The fourth-order valence-electron chi connectivity index (χ4n) is 1.29. The molecule has 0 fully saturated rings. The Morgan fingerprint density at radius 3 is 2.62 bits per heavy atom. The molecule has 0 saturated heterocycles. The molecule has 1 heterocycles. The third kappa shape index (κ3) is 1.31. The van der Waals surface area contributed by atoms with Crippen molar-refractivity contribution in [3.05, 3.63) is 34.0 Å². The van der Waals surface area contributed by atoms with E-state index in [4.69, 9.17) is 33.4 Å². The summed E-state index contributed by atoms with van der Waals surface area (Å²) in [6, 6.07) is 3.44. The average Bonchev–Trinajstić information content (AvgIpc) is 2.56. The zero-order valence-corrected chi connectivity index (χ0v) is 8.19. The van der Waals surface area contributed by atoms with Crippen molar-refractivity contribution >= 4 is 34.2 Å². The van der Waals surface area contributed by atoms with Gasteiger partial charge in [0.2, 0.25) is 0 Å². The fraction of sp³-hybridized carbons (Fsp3) is 0.111. The van der Waals surface area contributed by atoms with Gasteiger partial charge in [-0.1, -0.05) is 23.2 Å². The second kappa shape index (κ2) is 3.22. The van der Waals surface area contributed by atoms with Gasteiger partial charge < -0.3 is 10.2 Å². The van der Waals surface area contributed by atoms with E-state index in [1.807, 2.05) is 0 Å². The van der Waals surface area contributed by atoms with Crippen molar-refractivity contribution < 1.29 is 4.42 Å². The highest BCUT2D eigenvalue weighted by atomic mass is 35.5. The lowest BCUT2D eigenvalue weighted by molar-refractivity contribution is 0.611. The van der Waals surface area contributed by atoms with E-state index in [1.54, 1.807) is 18.4 Å². The topological polar surface area (TPSA) is 39.2 Å². The van der Waals surface area contributed by atoms with Crippen molar-refractivity contribution in [3.8, 4) is 0 Å². The van der Waals surface area contributed by atoms with Gasteiger partial charge in [-0.15, -0.1) is 0 Å². The van der Waals surface area contributed by atoms with Gasteiger partial charge in [0, 0.05) is 17.5 Å². The molecule has 0 aliphatic heterocycles. The highest BCUT2D eigenvalue weighted by Crippen LogP contribution is 2.33. The highest BCUT2D eigenvalue weighted by Gasteiger charge is 2.10. The van der Waals surface area contributed by atoms with Crippen LogP contribution >= 0.6 is 23.2 Å². The molecular weight excluding hydrogens is 209 g/mol. The van der Waals surface area contributed by atoms with Crippen LogP contribution in [0.3, 0.4) is 0 Å². The van der Waals surface area contributed by atoms with Crippen LogP contribution in [0.5, 0.6) is 0 Å². The van der Waals surface area contributed by atoms with Crippen molar-refractivity contribution in [2.75, 3.05) is 0 Å². The molecule has 0 amide bonds. The summed E-state index contributed by atoms with van der Waals surface area (Å²) in [6.07, 6.45) is 1.59. The third-order valence-corrected chi connectivity index (χ3v) is 2.53. The minimum Gasteiger partial charge on any atom is -0.462 e. The maximum Gasteiger partial charge on any atom is 0.154 e. The van der Waals surface area contributed by atoms with Gasteiger partial charge in [0.1, 0.15) is 0 Å². The highest BCUT2D eigenvalue weighted by molar-refractivity contribution is 6.39. The van der Waals surface area contributed by atoms with Crippen LogP contribution in [0, 0.1) is 0 Å². The molecular formula is C9H7Cl2NO. The van der Waals surface area contributed by atoms with E-state index in [-0.39, 0.29) is 0 Å². The lowest BCUT2D eigenvalue weighted by atomic mass is 10.2. The Labute approximate surface area is 85.2 Å². The first-order chi connectivity index (χ1) is 6.24. The second-order valence-electron chi connectivity index (χ2n) is 2.70. The SMILES string of the molecule is NCc1coc2c(Cl)ccc(Cl)c12. The molecule has 2 rings (SSSR count). The number of halogens is 2. The predicted octanol–water partition coefficient (Wildman–Crippen LogP) is 3.20. The minimum atomic E-state index is 0.396. The van der Waals surface area contributed by atoms with E-state index in [9.17, 15) is 0 Å². The Morgan fingerprint density at radius 2 is 1.92 bits per heavy atom. The minimum absolute atomic E-state index is 0.396. The molecule has 13 heavy (non-hydrogen) atoms. The quantitative estimate of drug-likeness (QED) is 0.794. The molecule has 0 bridgehead atoms. The predicted molar refractivity (Wildman–Crippen MR) is 54.1 cm³/mol. The normalized spacial score (nSPS) is 11.0. The second-order valence-corrected chi connectivity index (χ2v) is 3.51. The molecule has 1 aromatic carbocycles. The number of furan rings is 1. The van der Waals surface area contributed by atoms with Crippen LogP contribution in [-0.2, 0) is 6.54 Å². The number of nitrogens with two attached hydrogens (primary N) is 1. The first-order valence-electron chi connectivity index (χ1n) is 3.78. The number of hydrogen-bond donors (Lipinski definition) is 1. The van der Waals surface area contributed by atoms with Crippen molar-refractivity contribution in [2.45, 2.75) is 6.54 Å². The number of rotatable bonds is 1. The van der Waals surface area contributed by atoms with E-state index >= 15 is 0 Å². The summed E-state index contributed by atoms with van der Waals surface area (Å²) in [5, 5.41) is 1.99. The standard InChI is InChI=1S/C9H7Cl2NO/c10-6-1-2-7(11)9-8(6)5(3-12)4-13-9/h1-2,4H,3,12H2. The van der Waals surface area contributed by atoms with Crippen LogP contribution in [0.1, 0.15) is 5.56 Å². The van der Waals surface area contributed by atoms with Gasteiger partial charge in [0.15, 0.2) is 5.58 Å². The first kappa shape index (κ1) is 8.88. The van der Waals surface area contributed by atoms with Crippen LogP contribution in [0.4, 0.5) is 0 Å². The lowest BCUT2D eigenvalue weighted by Gasteiger charge is -1.96. The molecule has 2 aromatic rings. The molecule has 0 saturated carbocycles. The number of fused-ring (bicyclic) bond motifs is 1. The summed E-state index contributed by atoms with van der Waals surface area (Å²) in [7, 11) is 0. The van der Waals surface area contributed by atoms with Gasteiger partial charge in [-0.2, -0.15) is 0 Å². The van der Waals surface area contributed by atoms with Crippen molar-refractivity contribution in [2.24, 2.45) is 5.73 Å². The molecule has 1 aromatic heterocycles.